The van der Waals surface area contributed by atoms with Crippen LogP contribution >= 0.6 is 24.6 Å². The fourth-order valence-electron chi connectivity index (χ4n) is 2.70. The standard InChI is InChI=1S/C14H17N3OS.ClH/c18-13-12(10-16-8-4-5-9-16)15-14(19)17(13)11-6-2-1-3-7-11;/h1-3,6-7,12H,4-5,8-10H2,(H,15,19);1H. The normalized spacial score (nSPS) is 22.8. The van der Waals surface area contributed by atoms with Crippen LogP contribution in [0.5, 0.6) is 0 Å². The minimum atomic E-state index is -0.203. The van der Waals surface area contributed by atoms with Crippen LogP contribution in [-0.4, -0.2) is 41.6 Å². The molecule has 1 unspecified atom stereocenters. The number of hydrogen-bond donors (Lipinski definition) is 1. The molecule has 0 saturated carbocycles. The zero-order chi connectivity index (χ0) is 13.2. The first-order chi connectivity index (χ1) is 9.25. The van der Waals surface area contributed by atoms with Gasteiger partial charge in [-0.2, -0.15) is 0 Å². The van der Waals surface area contributed by atoms with Crippen LogP contribution in [0.4, 0.5) is 5.69 Å². The Bertz CT molecular complexity index is 490. The molecule has 0 aromatic heterocycles. The van der Waals surface area contributed by atoms with E-state index in [-0.39, 0.29) is 24.4 Å². The molecular weight excluding hydrogens is 294 g/mol. The Labute approximate surface area is 130 Å². The largest absolute Gasteiger partial charge is 0.349 e. The monoisotopic (exact) mass is 311 g/mol. The highest BCUT2D eigenvalue weighted by Crippen LogP contribution is 2.20. The number of hydrogen-bond acceptors (Lipinski definition) is 3. The second kappa shape index (κ2) is 6.52. The van der Waals surface area contributed by atoms with Gasteiger partial charge in [-0.25, -0.2) is 0 Å². The van der Waals surface area contributed by atoms with E-state index in [2.05, 4.69) is 10.2 Å². The Morgan fingerprint density at radius 2 is 1.85 bits per heavy atom. The van der Waals surface area contributed by atoms with E-state index in [1.54, 1.807) is 4.90 Å². The van der Waals surface area contributed by atoms with Crippen molar-refractivity contribution in [1.29, 1.82) is 0 Å². The average molecular weight is 312 g/mol. The molecule has 3 rings (SSSR count). The molecule has 2 heterocycles. The summed E-state index contributed by atoms with van der Waals surface area (Å²) >= 11 is 5.29. The second-order valence-electron chi connectivity index (χ2n) is 5.02. The van der Waals surface area contributed by atoms with Crippen molar-refractivity contribution in [3.05, 3.63) is 30.3 Å². The van der Waals surface area contributed by atoms with Crippen molar-refractivity contribution < 1.29 is 4.79 Å². The Balaban J connectivity index is 0.00000147. The van der Waals surface area contributed by atoms with Gasteiger partial charge in [-0.3, -0.25) is 9.69 Å². The van der Waals surface area contributed by atoms with Crippen molar-refractivity contribution in [2.75, 3.05) is 24.5 Å². The third-order valence-corrected chi connectivity index (χ3v) is 3.97. The van der Waals surface area contributed by atoms with Crippen LogP contribution in [0.2, 0.25) is 0 Å². The summed E-state index contributed by atoms with van der Waals surface area (Å²) in [6.07, 6.45) is 2.46. The Morgan fingerprint density at radius 3 is 2.50 bits per heavy atom. The molecule has 0 spiro atoms. The maximum atomic E-state index is 12.5. The fraction of sp³-hybridized carbons (Fsp3) is 0.429. The summed E-state index contributed by atoms with van der Waals surface area (Å²) in [5, 5.41) is 3.66. The van der Waals surface area contributed by atoms with E-state index in [0.717, 1.165) is 25.3 Å². The van der Waals surface area contributed by atoms with Gasteiger partial charge in [0.2, 0.25) is 0 Å². The summed E-state index contributed by atoms with van der Waals surface area (Å²) in [6, 6.07) is 9.37. The van der Waals surface area contributed by atoms with Crippen LogP contribution in [0.3, 0.4) is 0 Å². The van der Waals surface area contributed by atoms with E-state index >= 15 is 0 Å². The van der Waals surface area contributed by atoms with Crippen molar-refractivity contribution in [1.82, 2.24) is 10.2 Å². The van der Waals surface area contributed by atoms with Crippen LogP contribution in [0.15, 0.2) is 30.3 Å². The summed E-state index contributed by atoms with van der Waals surface area (Å²) < 4.78 is 0. The molecule has 2 aliphatic heterocycles. The Morgan fingerprint density at radius 1 is 1.20 bits per heavy atom. The molecule has 1 aromatic rings. The van der Waals surface area contributed by atoms with Gasteiger partial charge >= 0.3 is 0 Å². The van der Waals surface area contributed by atoms with Gasteiger partial charge in [-0.1, -0.05) is 18.2 Å². The molecule has 4 nitrogen and oxygen atoms in total. The highest BCUT2D eigenvalue weighted by molar-refractivity contribution is 7.80. The summed E-state index contributed by atoms with van der Waals surface area (Å²) in [5.41, 5.74) is 0.842. The topological polar surface area (TPSA) is 35.6 Å². The van der Waals surface area contributed by atoms with E-state index in [1.165, 1.54) is 12.8 Å². The maximum Gasteiger partial charge on any atom is 0.257 e. The van der Waals surface area contributed by atoms with Crippen LogP contribution in [-0.2, 0) is 4.79 Å². The number of rotatable bonds is 3. The van der Waals surface area contributed by atoms with Crippen LogP contribution in [0.25, 0.3) is 0 Å². The summed E-state index contributed by atoms with van der Waals surface area (Å²) in [6.45, 7) is 2.93. The lowest BCUT2D eigenvalue weighted by molar-refractivity contribution is -0.118. The highest BCUT2D eigenvalue weighted by atomic mass is 35.5. The molecule has 1 aromatic carbocycles. The van der Waals surface area contributed by atoms with Gasteiger partial charge in [-0.15, -0.1) is 12.4 Å². The smallest absolute Gasteiger partial charge is 0.257 e. The van der Waals surface area contributed by atoms with E-state index in [4.69, 9.17) is 12.2 Å². The summed E-state index contributed by atoms with van der Waals surface area (Å²) in [7, 11) is 0. The highest BCUT2D eigenvalue weighted by Gasteiger charge is 2.37. The lowest BCUT2D eigenvalue weighted by Crippen LogP contribution is -2.41. The second-order valence-corrected chi connectivity index (χ2v) is 5.41. The van der Waals surface area contributed by atoms with Gasteiger partial charge in [0.05, 0.1) is 5.69 Å². The third-order valence-electron chi connectivity index (χ3n) is 3.67. The molecule has 2 aliphatic rings. The molecule has 0 radical (unpaired) electrons. The van der Waals surface area contributed by atoms with Crippen molar-refractivity contribution >= 4 is 41.3 Å². The predicted molar refractivity (Wildman–Crippen MR) is 86.4 cm³/mol. The average Bonchev–Trinajstić information content (AvgIpc) is 3.01. The SMILES string of the molecule is Cl.O=C1C(CN2CCCC2)NC(=S)N1c1ccccc1. The molecule has 0 bridgehead atoms. The number of carbonyl (C=O) groups is 1. The molecular formula is C14H18ClN3OS. The third kappa shape index (κ3) is 2.95. The molecule has 0 aliphatic carbocycles. The predicted octanol–water partition coefficient (Wildman–Crippen LogP) is 1.79. The number of para-hydroxylation sites is 1. The van der Waals surface area contributed by atoms with Crippen molar-refractivity contribution in [3.63, 3.8) is 0 Å². The minimum absolute atomic E-state index is 0. The number of thiocarbonyl (C=S) groups is 1. The number of nitrogens with one attached hydrogen (secondary N) is 1. The van der Waals surface area contributed by atoms with Crippen molar-refractivity contribution in [2.45, 2.75) is 18.9 Å². The first-order valence-corrected chi connectivity index (χ1v) is 7.08. The van der Waals surface area contributed by atoms with Crippen molar-refractivity contribution in [2.24, 2.45) is 0 Å². The fourth-order valence-corrected chi connectivity index (χ4v) is 3.04. The van der Waals surface area contributed by atoms with Gasteiger partial charge in [0.25, 0.3) is 5.91 Å². The molecule has 2 fully saturated rings. The van der Waals surface area contributed by atoms with Crippen molar-refractivity contribution in [3.8, 4) is 0 Å². The number of amides is 1. The molecule has 2 saturated heterocycles. The number of likely N-dealkylation sites (tertiary alicyclic amines) is 1. The quantitative estimate of drug-likeness (QED) is 0.864. The van der Waals surface area contributed by atoms with Gasteiger partial charge in [0.1, 0.15) is 6.04 Å². The number of halogens is 1. The number of benzene rings is 1. The number of anilines is 1. The van der Waals surface area contributed by atoms with Gasteiger partial charge in [0, 0.05) is 6.54 Å². The molecule has 6 heteroatoms. The van der Waals surface area contributed by atoms with Gasteiger partial charge in [0.15, 0.2) is 5.11 Å². The zero-order valence-electron chi connectivity index (χ0n) is 11.1. The number of nitrogens with zero attached hydrogens (tertiary/aromatic N) is 2. The van der Waals surface area contributed by atoms with E-state index in [9.17, 15) is 4.79 Å². The Hall–Kier alpha value is -1.17. The Kier molecular flexibility index (Phi) is 4.96. The lowest BCUT2D eigenvalue weighted by Gasteiger charge is -2.18. The van der Waals surface area contributed by atoms with Crippen LogP contribution < -0.4 is 10.2 Å². The first-order valence-electron chi connectivity index (χ1n) is 6.67. The molecule has 108 valence electrons. The molecule has 1 amide bonds. The molecule has 1 N–H and O–H groups in total. The molecule has 20 heavy (non-hydrogen) atoms. The van der Waals surface area contributed by atoms with E-state index < -0.39 is 0 Å². The summed E-state index contributed by atoms with van der Waals surface area (Å²) in [5.74, 6) is 0.0584. The van der Waals surface area contributed by atoms with E-state index in [1.807, 2.05) is 30.3 Å². The van der Waals surface area contributed by atoms with Gasteiger partial charge < -0.3 is 10.2 Å². The maximum absolute atomic E-state index is 12.5. The van der Waals surface area contributed by atoms with E-state index in [0.29, 0.717) is 5.11 Å². The molecule has 1 atom stereocenters. The lowest BCUT2D eigenvalue weighted by atomic mass is 10.2. The summed E-state index contributed by atoms with van der Waals surface area (Å²) in [4.78, 5) is 16.4. The number of carbonyl (C=O) groups excluding carboxylic acids is 1. The van der Waals surface area contributed by atoms with Gasteiger partial charge in [-0.05, 0) is 50.3 Å². The minimum Gasteiger partial charge on any atom is -0.349 e. The van der Waals surface area contributed by atoms with Crippen LogP contribution in [0, 0.1) is 0 Å². The zero-order valence-corrected chi connectivity index (χ0v) is 12.8. The van der Waals surface area contributed by atoms with Crippen LogP contribution in [0.1, 0.15) is 12.8 Å². The first kappa shape index (κ1) is 15.2.